The fourth-order valence-electron chi connectivity index (χ4n) is 1.70. The molecule has 1 unspecified atom stereocenters. The zero-order valence-corrected chi connectivity index (χ0v) is 8.84. The summed E-state index contributed by atoms with van der Waals surface area (Å²) < 4.78 is 0. The Morgan fingerprint density at radius 2 is 2.14 bits per heavy atom. The summed E-state index contributed by atoms with van der Waals surface area (Å²) in [5.74, 6) is 6.20. The maximum Gasteiger partial charge on any atom is 0.143 e. The van der Waals surface area contributed by atoms with E-state index in [1.807, 2.05) is 18.2 Å². The Balaban J connectivity index is 0.000000980. The molecule has 0 bridgehead atoms. The van der Waals surface area contributed by atoms with Gasteiger partial charge in [0.1, 0.15) is 5.84 Å². The first-order chi connectivity index (χ1) is 6.31. The monoisotopic (exact) mass is 211 g/mol. The number of fused-ring (bicyclic) bond motifs is 1. The lowest BCUT2D eigenvalue weighted by molar-refractivity contribution is 0.716. The van der Waals surface area contributed by atoms with Crippen molar-refractivity contribution in [3.8, 4) is 0 Å². The number of benzene rings is 1. The van der Waals surface area contributed by atoms with Gasteiger partial charge in [0.05, 0.1) is 6.04 Å². The SMILES string of the molecule is CC1Cc2ccccc2C(NN)=N1.Cl. The quantitative estimate of drug-likeness (QED) is 0.502. The Morgan fingerprint density at radius 1 is 1.43 bits per heavy atom. The van der Waals surface area contributed by atoms with Crippen LogP contribution in [0.1, 0.15) is 18.1 Å². The van der Waals surface area contributed by atoms with Crippen LogP contribution in [0.3, 0.4) is 0 Å². The molecule has 0 aromatic heterocycles. The molecule has 14 heavy (non-hydrogen) atoms. The van der Waals surface area contributed by atoms with Crippen LogP contribution in [0.5, 0.6) is 0 Å². The van der Waals surface area contributed by atoms with Crippen LogP contribution in [0.4, 0.5) is 0 Å². The van der Waals surface area contributed by atoms with Crippen LogP contribution in [0.15, 0.2) is 29.3 Å². The Bertz CT molecular complexity index is 349. The predicted octanol–water partition coefficient (Wildman–Crippen LogP) is 1.26. The van der Waals surface area contributed by atoms with Crippen molar-refractivity contribution in [2.45, 2.75) is 19.4 Å². The number of rotatable bonds is 0. The maximum absolute atomic E-state index is 5.40. The summed E-state index contributed by atoms with van der Waals surface area (Å²) in [7, 11) is 0. The number of hydrogen-bond acceptors (Lipinski definition) is 3. The molecule has 1 aliphatic rings. The third-order valence-corrected chi connectivity index (χ3v) is 2.27. The molecule has 0 radical (unpaired) electrons. The van der Waals surface area contributed by atoms with Crippen LogP contribution < -0.4 is 11.3 Å². The highest BCUT2D eigenvalue weighted by Crippen LogP contribution is 2.17. The van der Waals surface area contributed by atoms with Gasteiger partial charge in [0.2, 0.25) is 0 Å². The molecule has 2 rings (SSSR count). The lowest BCUT2D eigenvalue weighted by Crippen LogP contribution is -2.35. The molecule has 1 heterocycles. The van der Waals surface area contributed by atoms with Gasteiger partial charge in [-0.05, 0) is 18.9 Å². The number of hydrogen-bond donors (Lipinski definition) is 2. The third kappa shape index (κ3) is 1.89. The number of nitrogens with two attached hydrogens (primary N) is 1. The molecular formula is C10H14ClN3. The molecule has 0 spiro atoms. The van der Waals surface area contributed by atoms with Gasteiger partial charge in [-0.25, -0.2) is 5.84 Å². The average molecular weight is 212 g/mol. The summed E-state index contributed by atoms with van der Waals surface area (Å²) in [6.07, 6.45) is 1.00. The van der Waals surface area contributed by atoms with Gasteiger partial charge in [-0.2, -0.15) is 0 Å². The van der Waals surface area contributed by atoms with Crippen molar-refractivity contribution >= 4 is 18.2 Å². The summed E-state index contributed by atoms with van der Waals surface area (Å²) in [6, 6.07) is 8.53. The van der Waals surface area contributed by atoms with Crippen molar-refractivity contribution in [2.75, 3.05) is 0 Å². The molecule has 0 saturated carbocycles. The van der Waals surface area contributed by atoms with Gasteiger partial charge in [0.25, 0.3) is 0 Å². The van der Waals surface area contributed by atoms with E-state index in [2.05, 4.69) is 23.4 Å². The molecule has 76 valence electrons. The molecule has 1 atom stereocenters. The first-order valence-corrected chi connectivity index (χ1v) is 4.44. The highest BCUT2D eigenvalue weighted by molar-refractivity contribution is 6.00. The topological polar surface area (TPSA) is 50.4 Å². The molecule has 0 aliphatic carbocycles. The number of nitrogens with zero attached hydrogens (tertiary/aromatic N) is 1. The highest BCUT2D eigenvalue weighted by Gasteiger charge is 2.16. The van der Waals surface area contributed by atoms with E-state index >= 15 is 0 Å². The second kappa shape index (κ2) is 4.44. The fourth-order valence-corrected chi connectivity index (χ4v) is 1.70. The van der Waals surface area contributed by atoms with Crippen LogP contribution in [0, 0.1) is 0 Å². The lowest BCUT2D eigenvalue weighted by Gasteiger charge is -2.20. The van der Waals surface area contributed by atoms with Gasteiger partial charge < -0.3 is 5.43 Å². The Hall–Kier alpha value is -1.06. The average Bonchev–Trinajstić information content (AvgIpc) is 2.16. The largest absolute Gasteiger partial charge is 0.308 e. The summed E-state index contributed by atoms with van der Waals surface area (Å²) in [5.41, 5.74) is 5.09. The number of amidine groups is 1. The second-order valence-corrected chi connectivity index (χ2v) is 3.33. The van der Waals surface area contributed by atoms with Gasteiger partial charge in [0, 0.05) is 5.56 Å². The summed E-state index contributed by atoms with van der Waals surface area (Å²) in [5, 5.41) is 0. The number of hydrazine groups is 1. The van der Waals surface area contributed by atoms with E-state index < -0.39 is 0 Å². The first kappa shape index (κ1) is 11.0. The molecular weight excluding hydrogens is 198 g/mol. The molecule has 3 N–H and O–H groups in total. The van der Waals surface area contributed by atoms with E-state index in [-0.39, 0.29) is 12.4 Å². The van der Waals surface area contributed by atoms with E-state index in [9.17, 15) is 0 Å². The van der Waals surface area contributed by atoms with E-state index in [1.165, 1.54) is 5.56 Å². The highest BCUT2D eigenvalue weighted by atomic mass is 35.5. The van der Waals surface area contributed by atoms with Gasteiger partial charge in [0.15, 0.2) is 0 Å². The maximum atomic E-state index is 5.40. The van der Waals surface area contributed by atoms with Crippen molar-refractivity contribution < 1.29 is 0 Å². The first-order valence-electron chi connectivity index (χ1n) is 4.44. The number of nitrogens with one attached hydrogen (secondary N) is 1. The smallest absolute Gasteiger partial charge is 0.143 e. The normalized spacial score (nSPS) is 19.0. The predicted molar refractivity (Wildman–Crippen MR) is 60.7 cm³/mol. The minimum atomic E-state index is 0. The summed E-state index contributed by atoms with van der Waals surface area (Å²) in [6.45, 7) is 2.09. The molecule has 0 saturated heterocycles. The van der Waals surface area contributed by atoms with Crippen LogP contribution in [-0.4, -0.2) is 11.9 Å². The van der Waals surface area contributed by atoms with Crippen molar-refractivity contribution in [3.05, 3.63) is 35.4 Å². The van der Waals surface area contributed by atoms with Crippen LogP contribution in [0.25, 0.3) is 0 Å². The molecule has 4 heteroatoms. The van der Waals surface area contributed by atoms with Crippen molar-refractivity contribution in [3.63, 3.8) is 0 Å². The van der Waals surface area contributed by atoms with Crippen LogP contribution in [0.2, 0.25) is 0 Å². The van der Waals surface area contributed by atoms with Crippen LogP contribution >= 0.6 is 12.4 Å². The molecule has 3 nitrogen and oxygen atoms in total. The van der Waals surface area contributed by atoms with Gasteiger partial charge in [-0.15, -0.1) is 12.4 Å². The second-order valence-electron chi connectivity index (χ2n) is 3.33. The zero-order valence-electron chi connectivity index (χ0n) is 8.03. The van der Waals surface area contributed by atoms with E-state index in [4.69, 9.17) is 5.84 Å². The number of aliphatic imine (C=N–C) groups is 1. The standard InChI is InChI=1S/C10H13N3.ClH/c1-7-6-8-4-2-3-5-9(8)10(12-7)13-11;/h2-5,7H,6,11H2,1H3,(H,12,13);1H. The number of halogens is 1. The van der Waals surface area contributed by atoms with Crippen molar-refractivity contribution in [1.82, 2.24) is 5.43 Å². The van der Waals surface area contributed by atoms with Gasteiger partial charge in [-0.3, -0.25) is 4.99 Å². The zero-order chi connectivity index (χ0) is 9.26. The van der Waals surface area contributed by atoms with Crippen molar-refractivity contribution in [1.29, 1.82) is 0 Å². The van der Waals surface area contributed by atoms with Crippen molar-refractivity contribution in [2.24, 2.45) is 10.8 Å². The molecule has 1 aromatic rings. The minimum Gasteiger partial charge on any atom is -0.308 e. The van der Waals surface area contributed by atoms with E-state index in [0.29, 0.717) is 6.04 Å². The minimum absolute atomic E-state index is 0. The summed E-state index contributed by atoms with van der Waals surface area (Å²) >= 11 is 0. The van der Waals surface area contributed by atoms with Gasteiger partial charge in [-0.1, -0.05) is 24.3 Å². The molecule has 1 aliphatic heterocycles. The Kier molecular flexibility index (Phi) is 3.49. The summed E-state index contributed by atoms with van der Waals surface area (Å²) in [4.78, 5) is 4.42. The van der Waals surface area contributed by atoms with E-state index in [1.54, 1.807) is 0 Å². The molecule has 0 fully saturated rings. The molecule has 1 aromatic carbocycles. The van der Waals surface area contributed by atoms with Crippen LogP contribution in [-0.2, 0) is 6.42 Å². The molecule has 0 amide bonds. The van der Waals surface area contributed by atoms with Gasteiger partial charge >= 0.3 is 0 Å². The fraction of sp³-hybridized carbons (Fsp3) is 0.300. The Labute approximate surface area is 89.8 Å². The van der Waals surface area contributed by atoms with E-state index in [0.717, 1.165) is 17.8 Å². The third-order valence-electron chi connectivity index (χ3n) is 2.27. The lowest BCUT2D eigenvalue weighted by atomic mass is 9.97. The Morgan fingerprint density at radius 3 is 2.86 bits per heavy atom.